The summed E-state index contributed by atoms with van der Waals surface area (Å²) >= 11 is 6.11. The second-order valence-electron chi connectivity index (χ2n) is 4.06. The fourth-order valence-corrected chi connectivity index (χ4v) is 1.95. The van der Waals surface area contributed by atoms with Crippen molar-refractivity contribution in [1.29, 1.82) is 0 Å². The lowest BCUT2D eigenvalue weighted by Gasteiger charge is -2.02. The number of aryl methyl sites for hydroxylation is 3. The standard InChI is InChI=1S/C12H13ClN4O/c1-7-12(13)10(17(3)16-7)6-11(18)9-4-5-14-8(2)15-9/h4-5H,6H2,1-3H3. The van der Waals surface area contributed by atoms with Crippen LogP contribution in [0.15, 0.2) is 12.3 Å². The van der Waals surface area contributed by atoms with Crippen LogP contribution >= 0.6 is 11.6 Å². The first-order chi connectivity index (χ1) is 8.49. The van der Waals surface area contributed by atoms with Gasteiger partial charge in [0, 0.05) is 13.2 Å². The van der Waals surface area contributed by atoms with Crippen LogP contribution in [0.25, 0.3) is 0 Å². The van der Waals surface area contributed by atoms with Gasteiger partial charge < -0.3 is 0 Å². The van der Waals surface area contributed by atoms with Crippen molar-refractivity contribution in [1.82, 2.24) is 19.7 Å². The number of Topliss-reactive ketones (excluding diaryl/α,β-unsaturated/α-hetero) is 1. The molecule has 0 N–H and O–H groups in total. The van der Waals surface area contributed by atoms with Crippen LogP contribution in [0.1, 0.15) is 27.7 Å². The third-order valence-electron chi connectivity index (χ3n) is 2.65. The average molecular weight is 265 g/mol. The molecule has 0 bridgehead atoms. The fourth-order valence-electron chi connectivity index (χ4n) is 1.73. The maximum atomic E-state index is 12.1. The van der Waals surface area contributed by atoms with Crippen LogP contribution < -0.4 is 0 Å². The molecule has 2 aromatic heterocycles. The monoisotopic (exact) mass is 264 g/mol. The molecular formula is C12H13ClN4O. The number of halogens is 1. The summed E-state index contributed by atoms with van der Waals surface area (Å²) in [6.45, 7) is 3.56. The van der Waals surface area contributed by atoms with Gasteiger partial charge in [-0.25, -0.2) is 9.97 Å². The van der Waals surface area contributed by atoms with E-state index in [-0.39, 0.29) is 12.2 Å². The van der Waals surface area contributed by atoms with E-state index in [4.69, 9.17) is 11.6 Å². The van der Waals surface area contributed by atoms with E-state index in [0.29, 0.717) is 22.2 Å². The van der Waals surface area contributed by atoms with E-state index in [0.717, 1.165) is 5.69 Å². The summed E-state index contributed by atoms with van der Waals surface area (Å²) in [5.41, 5.74) is 1.83. The molecule has 2 aromatic rings. The van der Waals surface area contributed by atoms with Crippen molar-refractivity contribution in [2.75, 3.05) is 0 Å². The van der Waals surface area contributed by atoms with Crippen LogP contribution in [-0.4, -0.2) is 25.5 Å². The summed E-state index contributed by atoms with van der Waals surface area (Å²) in [6, 6.07) is 1.60. The van der Waals surface area contributed by atoms with Crippen molar-refractivity contribution in [2.24, 2.45) is 7.05 Å². The number of carbonyl (C=O) groups excluding carboxylic acids is 1. The molecule has 0 fully saturated rings. The maximum Gasteiger partial charge on any atom is 0.187 e. The van der Waals surface area contributed by atoms with Crippen molar-refractivity contribution in [3.8, 4) is 0 Å². The molecule has 2 rings (SSSR count). The molecule has 18 heavy (non-hydrogen) atoms. The predicted molar refractivity (Wildman–Crippen MR) is 67.8 cm³/mol. The molecule has 0 spiro atoms. The molecule has 2 heterocycles. The van der Waals surface area contributed by atoms with E-state index in [1.165, 1.54) is 0 Å². The van der Waals surface area contributed by atoms with Crippen molar-refractivity contribution in [3.63, 3.8) is 0 Å². The molecule has 0 atom stereocenters. The maximum absolute atomic E-state index is 12.1. The van der Waals surface area contributed by atoms with E-state index >= 15 is 0 Å². The highest BCUT2D eigenvalue weighted by atomic mass is 35.5. The summed E-state index contributed by atoms with van der Waals surface area (Å²) in [6.07, 6.45) is 1.76. The Morgan fingerprint density at radius 3 is 2.72 bits per heavy atom. The zero-order chi connectivity index (χ0) is 13.3. The van der Waals surface area contributed by atoms with Gasteiger partial charge in [-0.15, -0.1) is 0 Å². The van der Waals surface area contributed by atoms with Crippen LogP contribution in [-0.2, 0) is 13.5 Å². The molecule has 0 radical (unpaired) electrons. The van der Waals surface area contributed by atoms with Gasteiger partial charge >= 0.3 is 0 Å². The third-order valence-corrected chi connectivity index (χ3v) is 3.14. The van der Waals surface area contributed by atoms with Gasteiger partial charge in [0.05, 0.1) is 22.8 Å². The molecule has 0 unspecified atom stereocenters. The SMILES string of the molecule is Cc1nccc(C(=O)Cc2c(Cl)c(C)nn2C)n1. The van der Waals surface area contributed by atoms with Crippen molar-refractivity contribution in [2.45, 2.75) is 20.3 Å². The minimum atomic E-state index is -0.0922. The van der Waals surface area contributed by atoms with Crippen LogP contribution in [0.4, 0.5) is 0 Å². The molecule has 0 aliphatic heterocycles. The number of aromatic nitrogens is 4. The zero-order valence-electron chi connectivity index (χ0n) is 10.4. The number of hydrogen-bond donors (Lipinski definition) is 0. The summed E-state index contributed by atoms with van der Waals surface area (Å²) in [4.78, 5) is 20.2. The lowest BCUT2D eigenvalue weighted by Crippen LogP contribution is -2.10. The molecule has 0 amide bonds. The number of nitrogens with zero attached hydrogens (tertiary/aromatic N) is 4. The summed E-state index contributed by atoms with van der Waals surface area (Å²) < 4.78 is 1.63. The van der Waals surface area contributed by atoms with E-state index in [9.17, 15) is 4.79 Å². The van der Waals surface area contributed by atoms with E-state index < -0.39 is 0 Å². The summed E-state index contributed by atoms with van der Waals surface area (Å²) in [7, 11) is 1.77. The van der Waals surface area contributed by atoms with E-state index in [1.54, 1.807) is 30.9 Å². The van der Waals surface area contributed by atoms with Crippen LogP contribution in [0.3, 0.4) is 0 Å². The molecule has 0 saturated carbocycles. The van der Waals surface area contributed by atoms with Gasteiger partial charge in [0.15, 0.2) is 5.78 Å². The molecular weight excluding hydrogens is 252 g/mol. The molecule has 5 nitrogen and oxygen atoms in total. The predicted octanol–water partition coefficient (Wildman–Crippen LogP) is 1.91. The molecule has 0 aliphatic rings. The number of carbonyl (C=O) groups is 1. The molecule has 0 saturated heterocycles. The van der Waals surface area contributed by atoms with Gasteiger partial charge in [-0.05, 0) is 19.9 Å². The number of rotatable bonds is 3. The lowest BCUT2D eigenvalue weighted by molar-refractivity contribution is 0.0985. The van der Waals surface area contributed by atoms with Gasteiger partial charge in [0.25, 0.3) is 0 Å². The van der Waals surface area contributed by atoms with Gasteiger partial charge in [-0.3, -0.25) is 9.48 Å². The van der Waals surface area contributed by atoms with Crippen molar-refractivity contribution < 1.29 is 4.79 Å². The Labute approximate surface area is 110 Å². The van der Waals surface area contributed by atoms with E-state index in [2.05, 4.69) is 15.1 Å². The molecule has 0 aromatic carbocycles. The Morgan fingerprint density at radius 1 is 1.44 bits per heavy atom. The number of ketones is 1. The first kappa shape index (κ1) is 12.7. The Bertz CT molecular complexity index is 606. The van der Waals surface area contributed by atoms with Gasteiger partial charge in [0.1, 0.15) is 11.5 Å². The first-order valence-electron chi connectivity index (χ1n) is 5.50. The second-order valence-corrected chi connectivity index (χ2v) is 4.44. The first-order valence-corrected chi connectivity index (χ1v) is 5.87. The molecule has 94 valence electrons. The lowest BCUT2D eigenvalue weighted by atomic mass is 10.1. The highest BCUT2D eigenvalue weighted by molar-refractivity contribution is 6.32. The van der Waals surface area contributed by atoms with Crippen LogP contribution in [0, 0.1) is 13.8 Å². The minimum Gasteiger partial charge on any atom is -0.292 e. The Kier molecular flexibility index (Phi) is 3.43. The topological polar surface area (TPSA) is 60.7 Å². The van der Waals surface area contributed by atoms with Crippen molar-refractivity contribution >= 4 is 17.4 Å². The number of hydrogen-bond acceptors (Lipinski definition) is 4. The van der Waals surface area contributed by atoms with Gasteiger partial charge in [0.2, 0.25) is 0 Å². The second kappa shape index (κ2) is 4.86. The largest absolute Gasteiger partial charge is 0.292 e. The fraction of sp³-hybridized carbons (Fsp3) is 0.333. The Hall–Kier alpha value is -1.75. The normalized spacial score (nSPS) is 10.7. The molecule has 0 aliphatic carbocycles. The molecule has 6 heteroatoms. The minimum absolute atomic E-state index is 0.0922. The Morgan fingerprint density at radius 2 is 2.17 bits per heavy atom. The Balaban J connectivity index is 2.27. The van der Waals surface area contributed by atoms with Crippen LogP contribution in [0.2, 0.25) is 5.02 Å². The smallest absolute Gasteiger partial charge is 0.187 e. The van der Waals surface area contributed by atoms with Gasteiger partial charge in [-0.1, -0.05) is 11.6 Å². The average Bonchev–Trinajstić information content (AvgIpc) is 2.56. The zero-order valence-corrected chi connectivity index (χ0v) is 11.2. The van der Waals surface area contributed by atoms with E-state index in [1.807, 2.05) is 6.92 Å². The highest BCUT2D eigenvalue weighted by Gasteiger charge is 2.16. The highest BCUT2D eigenvalue weighted by Crippen LogP contribution is 2.20. The van der Waals surface area contributed by atoms with Gasteiger partial charge in [-0.2, -0.15) is 5.10 Å². The third kappa shape index (κ3) is 2.41. The quantitative estimate of drug-likeness (QED) is 0.795. The summed E-state index contributed by atoms with van der Waals surface area (Å²) in [5, 5.41) is 4.71. The summed E-state index contributed by atoms with van der Waals surface area (Å²) in [5.74, 6) is 0.485. The van der Waals surface area contributed by atoms with Crippen LogP contribution in [0.5, 0.6) is 0 Å². The van der Waals surface area contributed by atoms with Crippen molar-refractivity contribution in [3.05, 3.63) is 40.2 Å².